The molecule has 0 saturated carbocycles. The predicted octanol–water partition coefficient (Wildman–Crippen LogP) is 4.97. The van der Waals surface area contributed by atoms with Gasteiger partial charge in [0.2, 0.25) is 5.88 Å². The molecule has 1 unspecified atom stereocenters. The molecule has 0 bridgehead atoms. The Kier molecular flexibility index (Phi) is 6.04. The van der Waals surface area contributed by atoms with Gasteiger partial charge in [-0.05, 0) is 29.9 Å². The fourth-order valence-electron chi connectivity index (χ4n) is 3.25. The van der Waals surface area contributed by atoms with Gasteiger partial charge in [-0.25, -0.2) is 14.4 Å². The Bertz CT molecular complexity index is 800. The number of hydrogen-bond acceptors (Lipinski definition) is 4. The molecule has 7 heteroatoms. The van der Waals surface area contributed by atoms with Gasteiger partial charge in [-0.15, -0.1) is 0 Å². The number of pyridine rings is 1. The molecular weight excluding hydrogens is 373 g/mol. The van der Waals surface area contributed by atoms with Crippen molar-refractivity contribution in [2.24, 2.45) is 10.9 Å². The summed E-state index contributed by atoms with van der Waals surface area (Å²) in [6.45, 7) is 3.77. The van der Waals surface area contributed by atoms with Gasteiger partial charge in [0.15, 0.2) is 5.17 Å². The standard InChI is InChI=1S/C19H21ClFN3OS/c1-12-10-24(11-15(12)14-5-4-6-16(21)18(14)20)19(26-3)23-13-7-8-17(25-2)22-9-13/h4-9,12,15H,10-11H2,1-3H3/b23-19+/t12-,15?/m0/s1. The van der Waals surface area contributed by atoms with Gasteiger partial charge in [-0.3, -0.25) is 0 Å². The monoisotopic (exact) mass is 393 g/mol. The van der Waals surface area contributed by atoms with Gasteiger partial charge in [0.05, 0.1) is 24.0 Å². The van der Waals surface area contributed by atoms with E-state index >= 15 is 0 Å². The number of halogens is 2. The van der Waals surface area contributed by atoms with Crippen molar-refractivity contribution in [1.82, 2.24) is 9.88 Å². The Morgan fingerprint density at radius 1 is 1.35 bits per heavy atom. The van der Waals surface area contributed by atoms with Crippen LogP contribution in [0.1, 0.15) is 18.4 Å². The number of nitrogens with zero attached hydrogens (tertiary/aromatic N) is 3. The van der Waals surface area contributed by atoms with Gasteiger partial charge in [0, 0.05) is 25.1 Å². The van der Waals surface area contributed by atoms with Crippen LogP contribution >= 0.6 is 23.4 Å². The number of ether oxygens (including phenoxy) is 1. The molecule has 1 fully saturated rings. The average molecular weight is 394 g/mol. The van der Waals surface area contributed by atoms with Crippen LogP contribution in [0.15, 0.2) is 41.5 Å². The maximum absolute atomic E-state index is 13.8. The van der Waals surface area contributed by atoms with Gasteiger partial charge >= 0.3 is 0 Å². The summed E-state index contributed by atoms with van der Waals surface area (Å²) in [4.78, 5) is 11.1. The zero-order valence-corrected chi connectivity index (χ0v) is 16.5. The largest absolute Gasteiger partial charge is 0.481 e. The first kappa shape index (κ1) is 19.0. The molecule has 0 N–H and O–H groups in total. The molecule has 1 aromatic carbocycles. The summed E-state index contributed by atoms with van der Waals surface area (Å²) in [6, 6.07) is 8.70. The minimum absolute atomic E-state index is 0.171. The van der Waals surface area contributed by atoms with E-state index in [0.29, 0.717) is 11.8 Å². The van der Waals surface area contributed by atoms with Crippen molar-refractivity contribution in [2.75, 3.05) is 26.5 Å². The van der Waals surface area contributed by atoms with Crippen molar-refractivity contribution in [1.29, 1.82) is 0 Å². The van der Waals surface area contributed by atoms with Crippen LogP contribution in [0.5, 0.6) is 5.88 Å². The summed E-state index contributed by atoms with van der Waals surface area (Å²) >= 11 is 7.80. The van der Waals surface area contributed by atoms with Gasteiger partial charge in [0.1, 0.15) is 5.82 Å². The van der Waals surface area contributed by atoms with E-state index < -0.39 is 0 Å². The quantitative estimate of drug-likeness (QED) is 0.545. The van der Waals surface area contributed by atoms with Crippen molar-refractivity contribution in [3.8, 4) is 5.88 Å². The molecule has 2 heterocycles. The average Bonchev–Trinajstić information content (AvgIpc) is 3.03. The highest BCUT2D eigenvalue weighted by Crippen LogP contribution is 2.38. The maximum atomic E-state index is 13.8. The molecule has 2 aromatic rings. The SMILES string of the molecule is COc1ccc(/N=C(/SC)N2CC(c3cccc(F)c3Cl)[C@@H](C)C2)cn1. The summed E-state index contributed by atoms with van der Waals surface area (Å²) in [5.41, 5.74) is 1.64. The Morgan fingerprint density at radius 3 is 2.81 bits per heavy atom. The number of thioether (sulfide) groups is 1. The number of aliphatic imine (C=N–C) groups is 1. The van der Waals surface area contributed by atoms with Gasteiger partial charge < -0.3 is 9.64 Å². The second-order valence-corrected chi connectivity index (χ2v) is 7.44. The van der Waals surface area contributed by atoms with Crippen LogP contribution in [0.3, 0.4) is 0 Å². The highest BCUT2D eigenvalue weighted by atomic mass is 35.5. The van der Waals surface area contributed by atoms with Crippen LogP contribution in [0.4, 0.5) is 10.1 Å². The number of likely N-dealkylation sites (tertiary alicyclic amines) is 1. The summed E-state index contributed by atoms with van der Waals surface area (Å²) in [5, 5.41) is 1.15. The van der Waals surface area contributed by atoms with Crippen molar-refractivity contribution in [2.45, 2.75) is 12.8 Å². The molecule has 26 heavy (non-hydrogen) atoms. The van der Waals surface area contributed by atoms with Crippen molar-refractivity contribution in [3.63, 3.8) is 0 Å². The lowest BCUT2D eigenvalue weighted by atomic mass is 9.90. The molecule has 0 aliphatic carbocycles. The predicted molar refractivity (Wildman–Crippen MR) is 106 cm³/mol. The molecule has 1 aromatic heterocycles. The third kappa shape index (κ3) is 3.96. The van der Waals surface area contributed by atoms with Gasteiger partial charge in [0.25, 0.3) is 0 Å². The van der Waals surface area contributed by atoms with Crippen molar-refractivity contribution >= 4 is 34.2 Å². The molecule has 0 amide bonds. The van der Waals surface area contributed by atoms with E-state index in [1.807, 2.05) is 18.4 Å². The minimum Gasteiger partial charge on any atom is -0.481 e. The summed E-state index contributed by atoms with van der Waals surface area (Å²) in [5.74, 6) is 0.716. The van der Waals surface area contributed by atoms with E-state index in [1.165, 1.54) is 6.07 Å². The third-order valence-corrected chi connectivity index (χ3v) is 5.71. The van der Waals surface area contributed by atoms with E-state index in [-0.39, 0.29) is 16.8 Å². The maximum Gasteiger partial charge on any atom is 0.213 e. The Morgan fingerprint density at radius 2 is 2.15 bits per heavy atom. The second kappa shape index (κ2) is 8.27. The molecule has 2 atom stereocenters. The number of methoxy groups -OCH3 is 1. The lowest BCUT2D eigenvalue weighted by molar-refractivity contribution is 0.398. The molecule has 4 nitrogen and oxygen atoms in total. The Hall–Kier alpha value is -1.79. The van der Waals surface area contributed by atoms with Gasteiger partial charge in [-0.2, -0.15) is 0 Å². The van der Waals surface area contributed by atoms with Gasteiger partial charge in [-0.1, -0.05) is 42.4 Å². The van der Waals surface area contributed by atoms with Crippen LogP contribution in [-0.4, -0.2) is 41.5 Å². The molecule has 138 valence electrons. The van der Waals surface area contributed by atoms with E-state index in [0.717, 1.165) is 29.5 Å². The number of hydrogen-bond donors (Lipinski definition) is 0. The first-order valence-electron chi connectivity index (χ1n) is 8.35. The van der Waals surface area contributed by atoms with Crippen LogP contribution in [0.25, 0.3) is 0 Å². The Labute approximate surface area is 162 Å². The highest BCUT2D eigenvalue weighted by Gasteiger charge is 2.34. The van der Waals surface area contributed by atoms with Crippen molar-refractivity contribution < 1.29 is 9.13 Å². The van der Waals surface area contributed by atoms with E-state index in [4.69, 9.17) is 21.3 Å². The topological polar surface area (TPSA) is 37.7 Å². The van der Waals surface area contributed by atoms with Crippen LogP contribution < -0.4 is 4.74 Å². The zero-order valence-electron chi connectivity index (χ0n) is 14.9. The molecule has 0 spiro atoms. The molecule has 3 rings (SSSR count). The first-order chi connectivity index (χ1) is 12.5. The fraction of sp³-hybridized carbons (Fsp3) is 0.368. The molecule has 1 aliphatic heterocycles. The van der Waals surface area contributed by atoms with E-state index in [1.54, 1.807) is 37.2 Å². The summed E-state index contributed by atoms with van der Waals surface area (Å²) in [7, 11) is 1.59. The summed E-state index contributed by atoms with van der Waals surface area (Å²) < 4.78 is 18.9. The number of aromatic nitrogens is 1. The molecule has 1 aliphatic rings. The van der Waals surface area contributed by atoms with Crippen LogP contribution in [0.2, 0.25) is 5.02 Å². The fourth-order valence-corrected chi connectivity index (χ4v) is 4.12. The summed E-state index contributed by atoms with van der Waals surface area (Å²) in [6.07, 6.45) is 3.69. The van der Waals surface area contributed by atoms with E-state index in [9.17, 15) is 4.39 Å². The smallest absolute Gasteiger partial charge is 0.213 e. The molecular formula is C19H21ClFN3OS. The first-order valence-corrected chi connectivity index (χ1v) is 9.95. The molecule has 0 radical (unpaired) electrons. The Balaban J connectivity index is 1.82. The lowest BCUT2D eigenvalue weighted by Crippen LogP contribution is -2.26. The minimum atomic E-state index is -0.363. The third-order valence-electron chi connectivity index (χ3n) is 4.60. The van der Waals surface area contributed by atoms with Crippen molar-refractivity contribution in [3.05, 3.63) is 52.9 Å². The second-order valence-electron chi connectivity index (χ2n) is 6.29. The molecule has 1 saturated heterocycles. The lowest BCUT2D eigenvalue weighted by Gasteiger charge is -2.19. The number of amidine groups is 1. The normalized spacial score (nSPS) is 20.5. The highest BCUT2D eigenvalue weighted by molar-refractivity contribution is 8.13. The van der Waals surface area contributed by atoms with Crippen LogP contribution in [-0.2, 0) is 0 Å². The zero-order chi connectivity index (χ0) is 18.7. The number of rotatable bonds is 3. The van der Waals surface area contributed by atoms with E-state index in [2.05, 4.69) is 16.8 Å². The number of benzene rings is 1. The van der Waals surface area contributed by atoms with Crippen LogP contribution in [0, 0.1) is 11.7 Å².